The Kier molecular flexibility index (Phi) is 3.22. The molecule has 0 atom stereocenters. The zero-order valence-electron chi connectivity index (χ0n) is 12.3. The lowest BCUT2D eigenvalue weighted by molar-refractivity contribution is 0.0962. The van der Waals surface area contributed by atoms with E-state index in [1.165, 1.54) is 5.56 Å². The van der Waals surface area contributed by atoms with Crippen LogP contribution in [0, 0.1) is 6.92 Å². The van der Waals surface area contributed by atoms with Gasteiger partial charge in [-0.25, -0.2) is 0 Å². The molecule has 0 fully saturated rings. The zero-order chi connectivity index (χ0) is 15.0. The maximum Gasteiger partial charge on any atom is 0.257 e. The van der Waals surface area contributed by atoms with Gasteiger partial charge < -0.3 is 0 Å². The lowest BCUT2D eigenvalue weighted by Gasteiger charge is -2.09. The number of allylic oxidation sites excluding steroid dienone is 1. The summed E-state index contributed by atoms with van der Waals surface area (Å²) in [5, 5.41) is 1.06. The van der Waals surface area contributed by atoms with Crippen LogP contribution in [0.1, 0.15) is 17.3 Å². The second-order valence-electron chi connectivity index (χ2n) is 5.38. The fourth-order valence-corrected chi connectivity index (χ4v) is 2.50. The Morgan fingerprint density at radius 1 is 1.05 bits per heavy atom. The number of benzene rings is 2. The van der Waals surface area contributed by atoms with E-state index in [2.05, 4.69) is 31.7 Å². The van der Waals surface area contributed by atoms with Crippen molar-refractivity contribution in [3.8, 4) is 11.3 Å². The van der Waals surface area contributed by atoms with Gasteiger partial charge in [0.1, 0.15) is 0 Å². The Bertz CT molecular complexity index is 838. The van der Waals surface area contributed by atoms with E-state index in [9.17, 15) is 4.79 Å². The van der Waals surface area contributed by atoms with Crippen molar-refractivity contribution in [2.45, 2.75) is 13.8 Å². The first-order valence-corrected chi connectivity index (χ1v) is 6.95. The monoisotopic (exact) mass is 275 g/mol. The number of fused-ring (bicyclic) bond motifs is 1. The molecule has 0 aliphatic carbocycles. The maximum absolute atomic E-state index is 12.5. The summed E-state index contributed by atoms with van der Waals surface area (Å²) >= 11 is 0. The van der Waals surface area contributed by atoms with Gasteiger partial charge in [-0.15, -0.1) is 0 Å². The first-order valence-electron chi connectivity index (χ1n) is 6.95. The van der Waals surface area contributed by atoms with E-state index >= 15 is 0 Å². The third kappa shape index (κ3) is 2.29. The van der Waals surface area contributed by atoms with Crippen molar-refractivity contribution in [1.29, 1.82) is 0 Å². The Morgan fingerprint density at radius 2 is 1.71 bits per heavy atom. The highest BCUT2D eigenvalue weighted by atomic mass is 16.2. The number of aromatic nitrogens is 1. The predicted octanol–water partition coefficient (Wildman–Crippen LogP) is 4.83. The molecule has 1 heterocycles. The second-order valence-corrected chi connectivity index (χ2v) is 5.38. The molecular formula is C19H17NO. The molecule has 3 aromatic rings. The van der Waals surface area contributed by atoms with Crippen molar-refractivity contribution < 1.29 is 4.79 Å². The highest BCUT2D eigenvalue weighted by Crippen LogP contribution is 2.29. The van der Waals surface area contributed by atoms with Crippen LogP contribution in [0.5, 0.6) is 0 Å². The van der Waals surface area contributed by atoms with Gasteiger partial charge in [0.25, 0.3) is 5.91 Å². The summed E-state index contributed by atoms with van der Waals surface area (Å²) in [6.07, 6.45) is 0. The largest absolute Gasteiger partial charge is 0.276 e. The smallest absolute Gasteiger partial charge is 0.257 e. The van der Waals surface area contributed by atoms with Crippen LogP contribution >= 0.6 is 0 Å². The van der Waals surface area contributed by atoms with Gasteiger partial charge in [-0.05, 0) is 31.5 Å². The van der Waals surface area contributed by atoms with E-state index in [4.69, 9.17) is 0 Å². The minimum Gasteiger partial charge on any atom is -0.276 e. The summed E-state index contributed by atoms with van der Waals surface area (Å²) in [4.78, 5) is 12.5. The summed E-state index contributed by atoms with van der Waals surface area (Å²) in [7, 11) is 0. The summed E-state index contributed by atoms with van der Waals surface area (Å²) in [6, 6.07) is 18.2. The minimum atomic E-state index is -0.0632. The second kappa shape index (κ2) is 5.06. The van der Waals surface area contributed by atoms with Crippen LogP contribution in [0.4, 0.5) is 0 Å². The van der Waals surface area contributed by atoms with E-state index in [0.29, 0.717) is 5.57 Å². The summed E-state index contributed by atoms with van der Waals surface area (Å²) in [5.74, 6) is -0.0632. The van der Waals surface area contributed by atoms with Gasteiger partial charge in [0.15, 0.2) is 0 Å². The molecule has 0 spiro atoms. The van der Waals surface area contributed by atoms with Gasteiger partial charge in [0.2, 0.25) is 0 Å². The van der Waals surface area contributed by atoms with E-state index < -0.39 is 0 Å². The molecule has 0 aliphatic heterocycles. The van der Waals surface area contributed by atoms with E-state index in [-0.39, 0.29) is 5.91 Å². The Labute approximate surface area is 124 Å². The van der Waals surface area contributed by atoms with Gasteiger partial charge in [-0.3, -0.25) is 9.36 Å². The van der Waals surface area contributed by atoms with Crippen molar-refractivity contribution in [3.63, 3.8) is 0 Å². The highest BCUT2D eigenvalue weighted by Gasteiger charge is 2.16. The number of carbonyl (C=O) groups excluding carboxylic acids is 1. The van der Waals surface area contributed by atoms with E-state index in [1.807, 2.05) is 36.4 Å². The van der Waals surface area contributed by atoms with Gasteiger partial charge >= 0.3 is 0 Å². The van der Waals surface area contributed by atoms with Crippen LogP contribution in [0.15, 0.2) is 66.7 Å². The van der Waals surface area contributed by atoms with Crippen molar-refractivity contribution in [2.24, 2.45) is 0 Å². The molecule has 1 aromatic heterocycles. The fraction of sp³-hybridized carbons (Fsp3) is 0.105. The normalized spacial score (nSPS) is 10.8. The third-order valence-corrected chi connectivity index (χ3v) is 3.63. The average molecular weight is 275 g/mol. The molecule has 0 saturated heterocycles. The molecule has 0 bridgehead atoms. The van der Waals surface area contributed by atoms with Crippen LogP contribution in [0.3, 0.4) is 0 Å². The van der Waals surface area contributed by atoms with Crippen molar-refractivity contribution in [3.05, 3.63) is 72.3 Å². The number of para-hydroxylation sites is 1. The maximum atomic E-state index is 12.5. The third-order valence-electron chi connectivity index (χ3n) is 3.63. The van der Waals surface area contributed by atoms with Crippen molar-refractivity contribution >= 4 is 16.8 Å². The predicted molar refractivity (Wildman–Crippen MR) is 87.6 cm³/mol. The Balaban J connectivity index is 2.31. The number of rotatable bonds is 2. The molecule has 0 aliphatic rings. The topological polar surface area (TPSA) is 22.0 Å². The number of hydrogen-bond donors (Lipinski definition) is 0. The average Bonchev–Trinajstić information content (AvgIpc) is 2.86. The molecule has 0 radical (unpaired) electrons. The molecule has 2 aromatic carbocycles. The Hall–Kier alpha value is -2.61. The quantitative estimate of drug-likeness (QED) is 0.614. The van der Waals surface area contributed by atoms with Gasteiger partial charge in [-0.1, -0.05) is 54.6 Å². The summed E-state index contributed by atoms with van der Waals surface area (Å²) in [5.41, 5.74) is 4.59. The highest BCUT2D eigenvalue weighted by molar-refractivity contribution is 6.05. The molecule has 0 amide bonds. The molecule has 104 valence electrons. The molecule has 0 N–H and O–H groups in total. The number of aryl methyl sites for hydroxylation is 1. The molecular weight excluding hydrogens is 258 g/mol. The Morgan fingerprint density at radius 3 is 2.38 bits per heavy atom. The van der Waals surface area contributed by atoms with Crippen molar-refractivity contribution in [2.75, 3.05) is 0 Å². The van der Waals surface area contributed by atoms with Gasteiger partial charge in [0.05, 0.1) is 11.2 Å². The lowest BCUT2D eigenvalue weighted by atomic mass is 10.1. The molecule has 0 saturated carbocycles. The number of carbonyl (C=O) groups is 1. The van der Waals surface area contributed by atoms with Gasteiger partial charge in [-0.2, -0.15) is 0 Å². The van der Waals surface area contributed by atoms with Crippen LogP contribution < -0.4 is 0 Å². The summed E-state index contributed by atoms with van der Waals surface area (Å²) < 4.78 is 1.75. The standard InChI is InChI=1S/C19H17NO/c1-13(2)19(21)20-17-7-5-4-6-16(17)12-18(20)15-10-8-14(3)9-11-15/h4-12H,1H2,2-3H3. The SMILES string of the molecule is C=C(C)C(=O)n1c(-c2ccc(C)cc2)cc2ccccc21. The van der Waals surface area contributed by atoms with Crippen LogP contribution in [0.2, 0.25) is 0 Å². The minimum absolute atomic E-state index is 0.0632. The van der Waals surface area contributed by atoms with Crippen LogP contribution in [0.25, 0.3) is 22.2 Å². The number of nitrogens with zero attached hydrogens (tertiary/aromatic N) is 1. The lowest BCUT2D eigenvalue weighted by Crippen LogP contribution is -2.12. The first-order chi connectivity index (χ1) is 10.1. The molecule has 2 nitrogen and oxygen atoms in total. The molecule has 2 heteroatoms. The van der Waals surface area contributed by atoms with Gasteiger partial charge in [0, 0.05) is 11.0 Å². The van der Waals surface area contributed by atoms with Crippen LogP contribution in [-0.2, 0) is 0 Å². The molecule has 21 heavy (non-hydrogen) atoms. The van der Waals surface area contributed by atoms with Crippen LogP contribution in [-0.4, -0.2) is 10.5 Å². The summed E-state index contributed by atoms with van der Waals surface area (Å²) in [6.45, 7) is 7.60. The van der Waals surface area contributed by atoms with Crippen molar-refractivity contribution in [1.82, 2.24) is 4.57 Å². The zero-order valence-corrected chi connectivity index (χ0v) is 12.3. The molecule has 3 rings (SSSR count). The fourth-order valence-electron chi connectivity index (χ4n) is 2.50. The van der Waals surface area contributed by atoms with E-state index in [1.54, 1.807) is 11.5 Å². The molecule has 0 unspecified atom stereocenters. The first kappa shape index (κ1) is 13.4. The van der Waals surface area contributed by atoms with E-state index in [0.717, 1.165) is 22.2 Å². The number of hydrogen-bond acceptors (Lipinski definition) is 1.